The summed E-state index contributed by atoms with van der Waals surface area (Å²) in [6, 6.07) is 0.653. The van der Waals surface area contributed by atoms with Crippen molar-refractivity contribution in [1.29, 1.82) is 0 Å². The zero-order valence-electron chi connectivity index (χ0n) is 9.22. The highest BCUT2D eigenvalue weighted by molar-refractivity contribution is 5.52. The number of aryl methyl sites for hydroxylation is 2. The Balaban J connectivity index is 2.04. The van der Waals surface area contributed by atoms with E-state index in [9.17, 15) is 0 Å². The van der Waals surface area contributed by atoms with Gasteiger partial charge in [0.15, 0.2) is 0 Å². The van der Waals surface area contributed by atoms with Crippen molar-refractivity contribution in [3.63, 3.8) is 0 Å². The highest BCUT2D eigenvalue weighted by Gasteiger charge is 2.22. The molecule has 2 unspecified atom stereocenters. The maximum absolute atomic E-state index is 4.19. The molecule has 0 aliphatic heterocycles. The second-order valence-electron chi connectivity index (χ2n) is 4.57. The lowest BCUT2D eigenvalue weighted by molar-refractivity contribution is 0.602. The molecule has 0 spiro atoms. The van der Waals surface area contributed by atoms with Gasteiger partial charge in [-0.15, -0.1) is 0 Å². The molecule has 14 heavy (non-hydrogen) atoms. The van der Waals surface area contributed by atoms with E-state index < -0.39 is 0 Å². The largest absolute Gasteiger partial charge is 0.379 e. The SMILES string of the molecule is Cc1n[nH]c(C)c1NC1CCC(C)C1. The molecule has 1 aliphatic rings. The minimum absolute atomic E-state index is 0.653. The number of nitrogens with one attached hydrogen (secondary N) is 2. The molecule has 2 N–H and O–H groups in total. The van der Waals surface area contributed by atoms with Crippen LogP contribution in [0.3, 0.4) is 0 Å². The zero-order chi connectivity index (χ0) is 10.1. The molecule has 3 heteroatoms. The molecule has 1 aromatic heterocycles. The van der Waals surface area contributed by atoms with Crippen molar-refractivity contribution >= 4 is 5.69 Å². The summed E-state index contributed by atoms with van der Waals surface area (Å²) >= 11 is 0. The van der Waals surface area contributed by atoms with E-state index in [1.165, 1.54) is 24.9 Å². The molecule has 1 heterocycles. The average Bonchev–Trinajstić information content (AvgIpc) is 2.67. The van der Waals surface area contributed by atoms with Gasteiger partial charge < -0.3 is 5.32 Å². The van der Waals surface area contributed by atoms with Gasteiger partial charge in [-0.25, -0.2) is 0 Å². The van der Waals surface area contributed by atoms with Crippen molar-refractivity contribution in [2.45, 2.75) is 46.1 Å². The van der Waals surface area contributed by atoms with Crippen LogP contribution in [0.25, 0.3) is 0 Å². The minimum Gasteiger partial charge on any atom is -0.379 e. The van der Waals surface area contributed by atoms with Gasteiger partial charge >= 0.3 is 0 Å². The second kappa shape index (κ2) is 3.64. The Bertz CT molecular complexity index is 297. The molecular weight excluding hydrogens is 174 g/mol. The van der Waals surface area contributed by atoms with E-state index in [-0.39, 0.29) is 0 Å². The molecule has 0 radical (unpaired) electrons. The number of hydrogen-bond donors (Lipinski definition) is 2. The summed E-state index contributed by atoms with van der Waals surface area (Å²) in [5.74, 6) is 0.875. The topological polar surface area (TPSA) is 40.7 Å². The molecule has 1 aromatic rings. The molecule has 3 nitrogen and oxygen atoms in total. The lowest BCUT2D eigenvalue weighted by Gasteiger charge is -2.13. The standard InChI is InChI=1S/C11H19N3/c1-7-4-5-10(6-7)12-11-8(2)13-14-9(11)3/h7,10,12H,4-6H2,1-3H3,(H,13,14). The number of hydrogen-bond acceptors (Lipinski definition) is 2. The predicted molar refractivity (Wildman–Crippen MR) is 58.5 cm³/mol. The van der Waals surface area contributed by atoms with Crippen molar-refractivity contribution in [1.82, 2.24) is 10.2 Å². The van der Waals surface area contributed by atoms with Crippen LogP contribution in [-0.2, 0) is 0 Å². The van der Waals surface area contributed by atoms with Gasteiger partial charge in [-0.2, -0.15) is 5.10 Å². The first-order chi connectivity index (χ1) is 6.66. The minimum atomic E-state index is 0.653. The first-order valence-electron chi connectivity index (χ1n) is 5.45. The summed E-state index contributed by atoms with van der Waals surface area (Å²) < 4.78 is 0. The Morgan fingerprint density at radius 2 is 2.14 bits per heavy atom. The Morgan fingerprint density at radius 1 is 1.36 bits per heavy atom. The third-order valence-corrected chi connectivity index (χ3v) is 3.17. The Kier molecular flexibility index (Phi) is 2.48. The van der Waals surface area contributed by atoms with E-state index in [0.717, 1.165) is 17.3 Å². The van der Waals surface area contributed by atoms with Crippen LogP contribution in [0.1, 0.15) is 37.6 Å². The maximum atomic E-state index is 4.19. The monoisotopic (exact) mass is 193 g/mol. The molecule has 1 aliphatic carbocycles. The van der Waals surface area contributed by atoms with Gasteiger partial charge in [-0.3, -0.25) is 5.10 Å². The number of aromatic amines is 1. The lowest BCUT2D eigenvalue weighted by atomic mass is 10.1. The Morgan fingerprint density at radius 3 is 2.64 bits per heavy atom. The van der Waals surface area contributed by atoms with Crippen LogP contribution in [0.5, 0.6) is 0 Å². The fourth-order valence-corrected chi connectivity index (χ4v) is 2.31. The molecule has 0 amide bonds. The third kappa shape index (κ3) is 1.76. The summed E-state index contributed by atoms with van der Waals surface area (Å²) in [5.41, 5.74) is 3.45. The average molecular weight is 193 g/mol. The number of nitrogens with zero attached hydrogens (tertiary/aromatic N) is 1. The van der Waals surface area contributed by atoms with Gasteiger partial charge in [0.05, 0.1) is 17.1 Å². The molecule has 2 rings (SSSR count). The number of H-pyrrole nitrogens is 1. The van der Waals surface area contributed by atoms with Crippen LogP contribution in [0.4, 0.5) is 5.69 Å². The van der Waals surface area contributed by atoms with Gasteiger partial charge in [-0.05, 0) is 39.0 Å². The number of aromatic nitrogens is 2. The van der Waals surface area contributed by atoms with E-state index in [1.54, 1.807) is 0 Å². The van der Waals surface area contributed by atoms with Crippen molar-refractivity contribution in [2.75, 3.05) is 5.32 Å². The quantitative estimate of drug-likeness (QED) is 0.758. The van der Waals surface area contributed by atoms with Crippen molar-refractivity contribution in [3.8, 4) is 0 Å². The van der Waals surface area contributed by atoms with Crippen molar-refractivity contribution in [3.05, 3.63) is 11.4 Å². The van der Waals surface area contributed by atoms with Gasteiger partial charge in [0.25, 0.3) is 0 Å². The third-order valence-electron chi connectivity index (χ3n) is 3.17. The summed E-state index contributed by atoms with van der Waals surface area (Å²) in [7, 11) is 0. The molecule has 1 saturated carbocycles. The number of rotatable bonds is 2. The first-order valence-corrected chi connectivity index (χ1v) is 5.45. The van der Waals surface area contributed by atoms with Crippen molar-refractivity contribution < 1.29 is 0 Å². The zero-order valence-corrected chi connectivity index (χ0v) is 9.22. The van der Waals surface area contributed by atoms with E-state index in [2.05, 4.69) is 29.4 Å². The normalized spacial score (nSPS) is 26.8. The smallest absolute Gasteiger partial charge is 0.0825 e. The van der Waals surface area contributed by atoms with Gasteiger partial charge in [0, 0.05) is 6.04 Å². The fourth-order valence-electron chi connectivity index (χ4n) is 2.31. The first kappa shape index (κ1) is 9.56. The lowest BCUT2D eigenvalue weighted by Crippen LogP contribution is -2.16. The molecule has 0 saturated heterocycles. The molecule has 0 bridgehead atoms. The van der Waals surface area contributed by atoms with E-state index in [4.69, 9.17) is 0 Å². The fraction of sp³-hybridized carbons (Fsp3) is 0.727. The number of anilines is 1. The van der Waals surface area contributed by atoms with Gasteiger partial charge in [0.1, 0.15) is 0 Å². The Labute approximate surface area is 85.3 Å². The summed E-state index contributed by atoms with van der Waals surface area (Å²) in [6.45, 7) is 6.45. The van der Waals surface area contributed by atoms with Crippen LogP contribution in [0.15, 0.2) is 0 Å². The second-order valence-corrected chi connectivity index (χ2v) is 4.57. The molecule has 78 valence electrons. The highest BCUT2D eigenvalue weighted by Crippen LogP contribution is 2.28. The maximum Gasteiger partial charge on any atom is 0.0825 e. The molecule has 2 atom stereocenters. The van der Waals surface area contributed by atoms with Crippen LogP contribution in [-0.4, -0.2) is 16.2 Å². The van der Waals surface area contributed by atoms with Gasteiger partial charge in [0.2, 0.25) is 0 Å². The van der Waals surface area contributed by atoms with Crippen LogP contribution in [0, 0.1) is 19.8 Å². The van der Waals surface area contributed by atoms with E-state index in [1.807, 2.05) is 6.92 Å². The molecule has 1 fully saturated rings. The summed E-state index contributed by atoms with van der Waals surface area (Å²) in [4.78, 5) is 0. The van der Waals surface area contributed by atoms with E-state index >= 15 is 0 Å². The summed E-state index contributed by atoms with van der Waals surface area (Å²) in [5, 5.41) is 10.8. The van der Waals surface area contributed by atoms with Crippen LogP contribution < -0.4 is 5.32 Å². The molecular formula is C11H19N3. The van der Waals surface area contributed by atoms with Crippen LogP contribution >= 0.6 is 0 Å². The van der Waals surface area contributed by atoms with Crippen molar-refractivity contribution in [2.24, 2.45) is 5.92 Å². The predicted octanol–water partition coefficient (Wildman–Crippen LogP) is 2.63. The van der Waals surface area contributed by atoms with E-state index in [0.29, 0.717) is 6.04 Å². The Hall–Kier alpha value is -0.990. The highest BCUT2D eigenvalue weighted by atomic mass is 15.2. The molecule has 0 aromatic carbocycles. The van der Waals surface area contributed by atoms with Gasteiger partial charge in [-0.1, -0.05) is 6.92 Å². The summed E-state index contributed by atoms with van der Waals surface area (Å²) in [6.07, 6.45) is 3.95. The van der Waals surface area contributed by atoms with Crippen LogP contribution in [0.2, 0.25) is 0 Å².